The summed E-state index contributed by atoms with van der Waals surface area (Å²) in [7, 11) is -2.50. The molecule has 1 aromatic heterocycles. The number of carbonyl (C=O) groups is 5. The van der Waals surface area contributed by atoms with E-state index in [0.717, 1.165) is 11.6 Å². The maximum absolute atomic E-state index is 14.7. The number of fused-ring (bicyclic) bond motifs is 1. The summed E-state index contributed by atoms with van der Waals surface area (Å²) >= 11 is 0. The van der Waals surface area contributed by atoms with Gasteiger partial charge in [-0.05, 0) is 58.6 Å². The van der Waals surface area contributed by atoms with Crippen LogP contribution in [-0.4, -0.2) is 96.1 Å². The van der Waals surface area contributed by atoms with Crippen LogP contribution in [0.3, 0.4) is 0 Å². The molecule has 0 spiro atoms. The number of amides is 4. The van der Waals surface area contributed by atoms with Crippen molar-refractivity contribution in [2.24, 2.45) is 0 Å². The Bertz CT molecular complexity index is 2270. The molecule has 0 bridgehead atoms. The van der Waals surface area contributed by atoms with Crippen LogP contribution < -0.4 is 24.8 Å². The Labute approximate surface area is 357 Å². The van der Waals surface area contributed by atoms with Crippen LogP contribution in [0.25, 0.3) is 22.2 Å². The largest absolute Gasteiger partial charge is 0.497 e. The standard InChI is InChI=1S/C45H55N5O10S/c1-8-11-13-18-39(51)47-36(27-40(52)60-44(4,5)6)42(54)50-28-31(25-37(50)41(53)48-45(10-3,23-9-2)43(55)49-61(56,57)32-20-21-32)59-38-26-34(29-16-14-12-15-17-29)46-35-24-30(58-7)19-22-33(35)38/h8-10,12,14-17,19,22,24,26,31-32,36-37H,1-3,11,13,18,20-21,23,25,27-28H2,4-7H3,(H,47,51)(H,48,53)(H,49,55). The molecule has 2 aliphatic rings. The van der Waals surface area contributed by atoms with Gasteiger partial charge in [-0.25, -0.2) is 13.4 Å². The van der Waals surface area contributed by atoms with Gasteiger partial charge in [0.15, 0.2) is 0 Å². The first kappa shape index (κ1) is 46.0. The van der Waals surface area contributed by atoms with Gasteiger partial charge in [-0.2, -0.15) is 0 Å². The molecule has 0 radical (unpaired) electrons. The highest BCUT2D eigenvalue weighted by molar-refractivity contribution is 7.91. The Hall–Kier alpha value is -6.03. The number of allylic oxidation sites excluding steroid dienone is 1. The number of benzene rings is 2. The van der Waals surface area contributed by atoms with Crippen LogP contribution >= 0.6 is 0 Å². The van der Waals surface area contributed by atoms with E-state index < -0.39 is 80.6 Å². The number of unbranched alkanes of at least 4 members (excludes halogenated alkanes) is 1. The van der Waals surface area contributed by atoms with E-state index in [-0.39, 0.29) is 25.8 Å². The zero-order valence-corrected chi connectivity index (χ0v) is 35.9. The van der Waals surface area contributed by atoms with Crippen molar-refractivity contribution in [3.8, 4) is 22.8 Å². The van der Waals surface area contributed by atoms with Gasteiger partial charge in [0.05, 0.1) is 36.5 Å². The van der Waals surface area contributed by atoms with E-state index in [1.165, 1.54) is 11.0 Å². The molecule has 3 N–H and O–H groups in total. The molecule has 2 fully saturated rings. The van der Waals surface area contributed by atoms with Gasteiger partial charge in [-0.1, -0.05) is 48.6 Å². The van der Waals surface area contributed by atoms with Crippen molar-refractivity contribution in [3.63, 3.8) is 0 Å². The molecule has 5 rings (SSSR count). The van der Waals surface area contributed by atoms with Crippen molar-refractivity contribution in [1.29, 1.82) is 0 Å². The predicted octanol–water partition coefficient (Wildman–Crippen LogP) is 5.06. The van der Waals surface area contributed by atoms with Crippen LogP contribution in [0.2, 0.25) is 0 Å². The van der Waals surface area contributed by atoms with Crippen LogP contribution in [0, 0.1) is 0 Å². The number of hydrogen-bond acceptors (Lipinski definition) is 11. The number of rotatable bonds is 20. The summed E-state index contributed by atoms with van der Waals surface area (Å²) in [5.41, 5.74) is -0.956. The van der Waals surface area contributed by atoms with E-state index in [0.29, 0.717) is 53.8 Å². The Morgan fingerprint density at radius 1 is 1.00 bits per heavy atom. The molecule has 2 aromatic carbocycles. The average Bonchev–Trinajstić information content (AvgIpc) is 4.00. The fourth-order valence-corrected chi connectivity index (χ4v) is 8.34. The van der Waals surface area contributed by atoms with E-state index in [4.69, 9.17) is 19.2 Å². The Balaban J connectivity index is 1.54. The van der Waals surface area contributed by atoms with Gasteiger partial charge in [-0.15, -0.1) is 19.7 Å². The van der Waals surface area contributed by atoms with Gasteiger partial charge in [0.1, 0.15) is 40.8 Å². The second kappa shape index (κ2) is 19.6. The lowest BCUT2D eigenvalue weighted by Crippen LogP contribution is -2.62. The Morgan fingerprint density at radius 2 is 1.72 bits per heavy atom. The number of sulfonamides is 1. The smallest absolute Gasteiger partial charge is 0.308 e. The van der Waals surface area contributed by atoms with Gasteiger partial charge in [0.25, 0.3) is 5.91 Å². The number of nitrogens with one attached hydrogen (secondary N) is 3. The monoisotopic (exact) mass is 857 g/mol. The predicted molar refractivity (Wildman–Crippen MR) is 231 cm³/mol. The Morgan fingerprint density at radius 3 is 2.34 bits per heavy atom. The summed E-state index contributed by atoms with van der Waals surface area (Å²) in [6.07, 6.45) is 4.14. The minimum Gasteiger partial charge on any atom is -0.497 e. The van der Waals surface area contributed by atoms with E-state index in [9.17, 15) is 32.4 Å². The first-order chi connectivity index (χ1) is 28.9. The number of aromatic nitrogens is 1. The van der Waals surface area contributed by atoms with E-state index >= 15 is 0 Å². The quantitative estimate of drug-likeness (QED) is 0.0780. The summed E-state index contributed by atoms with van der Waals surface area (Å²) < 4.78 is 45.5. The molecule has 3 aromatic rings. The number of nitrogens with zero attached hydrogens (tertiary/aromatic N) is 2. The van der Waals surface area contributed by atoms with Crippen LogP contribution in [0.15, 0.2) is 92.6 Å². The van der Waals surface area contributed by atoms with Gasteiger partial charge in [-0.3, -0.25) is 28.7 Å². The fraction of sp³-hybridized carbons (Fsp3) is 0.422. The second-order valence-corrected chi connectivity index (χ2v) is 18.1. The maximum Gasteiger partial charge on any atom is 0.308 e. The highest BCUT2D eigenvalue weighted by Gasteiger charge is 2.48. The minimum absolute atomic E-state index is 0.0334. The zero-order chi connectivity index (χ0) is 44.5. The summed E-state index contributed by atoms with van der Waals surface area (Å²) in [5.74, 6) is -2.99. The maximum atomic E-state index is 14.7. The van der Waals surface area contributed by atoms with Crippen LogP contribution in [-0.2, 0) is 38.7 Å². The van der Waals surface area contributed by atoms with Crippen molar-refractivity contribution in [2.75, 3.05) is 13.7 Å². The molecule has 16 heteroatoms. The SMILES string of the molecule is C=CCCCC(=O)NC(CC(=O)OC(C)(C)C)C(=O)N1CC(Oc2cc(-c3ccccc3)nc3cc(OC)ccc23)CC1C(=O)NC(C=C)(CC=C)C(=O)NS(=O)(=O)C1CC1. The van der Waals surface area contributed by atoms with Crippen LogP contribution in [0.5, 0.6) is 11.5 Å². The van der Waals surface area contributed by atoms with Crippen molar-refractivity contribution >= 4 is 50.5 Å². The number of likely N-dealkylation sites (tertiary alicyclic amines) is 1. The molecule has 1 saturated heterocycles. The van der Waals surface area contributed by atoms with Crippen molar-refractivity contribution in [3.05, 3.63) is 92.6 Å². The van der Waals surface area contributed by atoms with Gasteiger partial charge in [0.2, 0.25) is 27.7 Å². The lowest BCUT2D eigenvalue weighted by Gasteiger charge is -2.33. The third-order valence-corrected chi connectivity index (χ3v) is 12.0. The van der Waals surface area contributed by atoms with E-state index in [1.54, 1.807) is 58.2 Å². The fourth-order valence-electron chi connectivity index (χ4n) is 6.98. The molecular weight excluding hydrogens is 803 g/mol. The first-order valence-corrected chi connectivity index (χ1v) is 21.7. The number of hydrogen-bond donors (Lipinski definition) is 3. The van der Waals surface area contributed by atoms with Gasteiger partial charge < -0.3 is 29.7 Å². The third-order valence-electron chi connectivity index (χ3n) is 10.2. The van der Waals surface area contributed by atoms with Crippen LogP contribution in [0.4, 0.5) is 0 Å². The van der Waals surface area contributed by atoms with Gasteiger partial charge >= 0.3 is 5.97 Å². The molecule has 326 valence electrons. The average molecular weight is 858 g/mol. The number of pyridine rings is 1. The summed E-state index contributed by atoms with van der Waals surface area (Å²) in [4.78, 5) is 75.5. The number of methoxy groups -OCH3 is 1. The summed E-state index contributed by atoms with van der Waals surface area (Å²) in [6.45, 7) is 15.9. The molecule has 1 aliphatic heterocycles. The third kappa shape index (κ3) is 11.8. The van der Waals surface area contributed by atoms with Crippen molar-refractivity contribution in [1.82, 2.24) is 25.2 Å². The second-order valence-electron chi connectivity index (χ2n) is 16.2. The molecule has 4 unspecified atom stereocenters. The normalized spacial score (nSPS) is 17.9. The molecule has 61 heavy (non-hydrogen) atoms. The highest BCUT2D eigenvalue weighted by atomic mass is 32.2. The lowest BCUT2D eigenvalue weighted by atomic mass is 9.93. The molecule has 1 aliphatic carbocycles. The Kier molecular flexibility index (Phi) is 14.8. The van der Waals surface area contributed by atoms with E-state index in [2.05, 4.69) is 35.1 Å². The topological polar surface area (TPSA) is 199 Å². The molecule has 1 saturated carbocycles. The number of ether oxygens (including phenoxy) is 3. The summed E-state index contributed by atoms with van der Waals surface area (Å²) in [5, 5.41) is 5.22. The number of carbonyl (C=O) groups excluding carboxylic acids is 5. The first-order valence-electron chi connectivity index (χ1n) is 20.2. The van der Waals surface area contributed by atoms with Crippen molar-refractivity contribution < 1.29 is 46.6 Å². The number of esters is 1. The molecule has 2 heterocycles. The van der Waals surface area contributed by atoms with E-state index in [1.807, 2.05) is 30.3 Å². The summed E-state index contributed by atoms with van der Waals surface area (Å²) in [6, 6.07) is 13.7. The van der Waals surface area contributed by atoms with Gasteiger partial charge in [0, 0.05) is 42.3 Å². The zero-order valence-electron chi connectivity index (χ0n) is 35.1. The minimum atomic E-state index is -4.04. The molecule has 4 amide bonds. The molecular formula is C45H55N5O10S. The molecule has 15 nitrogen and oxygen atoms in total. The highest BCUT2D eigenvalue weighted by Crippen LogP contribution is 2.35. The lowest BCUT2D eigenvalue weighted by molar-refractivity contribution is -0.157. The van der Waals surface area contributed by atoms with Crippen molar-refractivity contribution in [2.45, 2.75) is 107 Å². The van der Waals surface area contributed by atoms with Crippen LogP contribution in [0.1, 0.15) is 72.1 Å². The molecule has 4 atom stereocenters.